The summed E-state index contributed by atoms with van der Waals surface area (Å²) in [6.07, 6.45) is 3.88. The van der Waals surface area contributed by atoms with Crippen molar-refractivity contribution in [3.63, 3.8) is 0 Å². The standard InChI is InChI=1S/C21H24N4O/c1-13-9-15(3)19(16(4)10-13)24-7-8-25(21(24)22-23-26)20-17(5)11-14(2)12-18(20)6/h7-12H,1-6H3. The Balaban J connectivity index is 2.35. The van der Waals surface area contributed by atoms with Gasteiger partial charge in [-0.2, -0.15) is 0 Å². The number of rotatable bonds is 3. The fraction of sp³-hybridized carbons (Fsp3) is 0.286. The minimum atomic E-state index is 0.491. The van der Waals surface area contributed by atoms with Crippen LogP contribution >= 0.6 is 0 Å². The second kappa shape index (κ2) is 6.75. The molecule has 0 saturated carbocycles. The van der Waals surface area contributed by atoms with E-state index < -0.39 is 0 Å². The smallest absolute Gasteiger partial charge is 0.242 e. The number of imidazole rings is 1. The number of nitrogens with zero attached hydrogens (tertiary/aromatic N) is 4. The van der Waals surface area contributed by atoms with Crippen LogP contribution in [0.3, 0.4) is 0 Å². The van der Waals surface area contributed by atoms with Gasteiger partial charge in [0.25, 0.3) is 0 Å². The first-order valence-corrected chi connectivity index (χ1v) is 8.66. The summed E-state index contributed by atoms with van der Waals surface area (Å²) in [7, 11) is 0. The molecule has 0 saturated heterocycles. The van der Waals surface area contributed by atoms with Crippen molar-refractivity contribution in [1.29, 1.82) is 0 Å². The maximum atomic E-state index is 11.0. The summed E-state index contributed by atoms with van der Waals surface area (Å²) in [6, 6.07) is 8.53. The largest absolute Gasteiger partial charge is 0.284 e. The van der Waals surface area contributed by atoms with E-state index in [1.165, 1.54) is 11.1 Å². The number of aryl methyl sites for hydroxylation is 6. The normalized spacial score (nSPS) is 10.8. The van der Waals surface area contributed by atoms with Crippen molar-refractivity contribution in [2.75, 3.05) is 0 Å². The fourth-order valence-corrected chi connectivity index (χ4v) is 3.97. The summed E-state index contributed by atoms with van der Waals surface area (Å²) in [5.74, 6) is 0. The lowest BCUT2D eigenvalue weighted by Gasteiger charge is -2.14. The van der Waals surface area contributed by atoms with E-state index in [1.807, 2.05) is 21.5 Å². The van der Waals surface area contributed by atoms with Crippen LogP contribution in [0.25, 0.3) is 11.4 Å². The molecule has 5 nitrogen and oxygen atoms in total. The van der Waals surface area contributed by atoms with E-state index in [4.69, 9.17) is 0 Å². The zero-order valence-electron chi connectivity index (χ0n) is 16.2. The number of aromatic nitrogens is 2. The van der Waals surface area contributed by atoms with Crippen LogP contribution in [0, 0.1) is 46.4 Å². The van der Waals surface area contributed by atoms with Gasteiger partial charge in [0.05, 0.1) is 16.7 Å². The molecule has 0 atom stereocenters. The van der Waals surface area contributed by atoms with Crippen LogP contribution in [0.5, 0.6) is 0 Å². The third-order valence-corrected chi connectivity index (χ3v) is 4.68. The molecule has 26 heavy (non-hydrogen) atoms. The zero-order valence-corrected chi connectivity index (χ0v) is 16.2. The molecule has 1 aromatic heterocycles. The summed E-state index contributed by atoms with van der Waals surface area (Å²) in [6.45, 7) is 12.4. The number of hydrogen-bond donors (Lipinski definition) is 0. The van der Waals surface area contributed by atoms with Crippen molar-refractivity contribution in [3.8, 4) is 11.4 Å². The lowest BCUT2D eigenvalue weighted by atomic mass is 10.0. The van der Waals surface area contributed by atoms with Crippen molar-refractivity contribution in [1.82, 2.24) is 9.13 Å². The molecular weight excluding hydrogens is 324 g/mol. The first-order valence-electron chi connectivity index (χ1n) is 8.66. The van der Waals surface area contributed by atoms with E-state index in [9.17, 15) is 4.91 Å². The molecule has 0 aliphatic rings. The van der Waals surface area contributed by atoms with Crippen LogP contribution in [0.15, 0.2) is 47.0 Å². The Hall–Kier alpha value is -2.95. The topological polar surface area (TPSA) is 51.6 Å². The Morgan fingerprint density at radius 3 is 1.31 bits per heavy atom. The van der Waals surface area contributed by atoms with Gasteiger partial charge >= 0.3 is 0 Å². The molecule has 1 heterocycles. The average Bonchev–Trinajstić information content (AvgIpc) is 2.89. The van der Waals surface area contributed by atoms with Gasteiger partial charge in [0.2, 0.25) is 5.62 Å². The molecule has 2 aromatic carbocycles. The van der Waals surface area contributed by atoms with Crippen LogP contribution < -0.4 is 5.62 Å². The van der Waals surface area contributed by atoms with Crippen molar-refractivity contribution in [3.05, 3.63) is 80.6 Å². The van der Waals surface area contributed by atoms with Crippen LogP contribution in [0.1, 0.15) is 33.4 Å². The van der Waals surface area contributed by atoms with E-state index in [-0.39, 0.29) is 0 Å². The molecule has 0 aliphatic carbocycles. The Morgan fingerprint density at radius 1 is 0.654 bits per heavy atom. The molecule has 0 N–H and O–H groups in total. The fourth-order valence-electron chi connectivity index (χ4n) is 3.97. The Kier molecular flexibility index (Phi) is 4.64. The monoisotopic (exact) mass is 348 g/mol. The maximum absolute atomic E-state index is 11.0. The van der Waals surface area contributed by atoms with Gasteiger partial charge in [0.15, 0.2) is 0 Å². The maximum Gasteiger partial charge on any atom is 0.242 e. The van der Waals surface area contributed by atoms with Gasteiger partial charge < -0.3 is 0 Å². The minimum absolute atomic E-state index is 0.491. The minimum Gasteiger partial charge on any atom is -0.284 e. The van der Waals surface area contributed by atoms with Gasteiger partial charge in [-0.05, 0) is 63.8 Å². The Labute approximate surface area is 153 Å². The molecule has 0 fully saturated rings. The van der Waals surface area contributed by atoms with E-state index in [1.54, 1.807) is 0 Å². The quantitative estimate of drug-likeness (QED) is 0.500. The first-order chi connectivity index (χ1) is 12.3. The van der Waals surface area contributed by atoms with Gasteiger partial charge in [0, 0.05) is 12.4 Å². The van der Waals surface area contributed by atoms with E-state index in [2.05, 4.69) is 76.2 Å². The van der Waals surface area contributed by atoms with E-state index >= 15 is 0 Å². The van der Waals surface area contributed by atoms with Crippen molar-refractivity contribution >= 4 is 0 Å². The van der Waals surface area contributed by atoms with Crippen molar-refractivity contribution in [2.45, 2.75) is 41.5 Å². The predicted molar refractivity (Wildman–Crippen MR) is 105 cm³/mol. The Morgan fingerprint density at radius 2 is 1.00 bits per heavy atom. The third kappa shape index (κ3) is 3.01. The predicted octanol–water partition coefficient (Wildman–Crippen LogP) is 4.70. The summed E-state index contributed by atoms with van der Waals surface area (Å²) >= 11 is 0. The highest BCUT2D eigenvalue weighted by atomic mass is 16.3. The molecule has 0 bridgehead atoms. The molecule has 0 radical (unpaired) electrons. The second-order valence-electron chi connectivity index (χ2n) is 7.01. The molecule has 134 valence electrons. The molecule has 5 heteroatoms. The molecule has 0 aliphatic heterocycles. The molecular formula is C21H24N4O. The number of nitroso groups, excluding NO2 is 1. The Bertz CT molecular complexity index is 946. The van der Waals surface area contributed by atoms with Crippen LogP contribution in [-0.2, 0) is 0 Å². The van der Waals surface area contributed by atoms with Gasteiger partial charge in [-0.25, -0.2) is 0 Å². The molecule has 0 spiro atoms. The highest BCUT2D eigenvalue weighted by Gasteiger charge is 2.14. The van der Waals surface area contributed by atoms with Crippen molar-refractivity contribution < 1.29 is 0 Å². The average molecular weight is 348 g/mol. The van der Waals surface area contributed by atoms with Crippen molar-refractivity contribution in [2.24, 2.45) is 10.4 Å². The number of hydrogen-bond acceptors (Lipinski definition) is 2. The first kappa shape index (κ1) is 17.9. The zero-order chi connectivity index (χ0) is 19.0. The van der Waals surface area contributed by atoms with Crippen LogP contribution in [-0.4, -0.2) is 9.13 Å². The molecule has 3 aromatic rings. The summed E-state index contributed by atoms with van der Waals surface area (Å²) in [4.78, 5) is 11.0. The summed E-state index contributed by atoms with van der Waals surface area (Å²) in [5.41, 5.74) is 9.48. The molecule has 0 amide bonds. The van der Waals surface area contributed by atoms with Gasteiger partial charge in [-0.1, -0.05) is 40.5 Å². The van der Waals surface area contributed by atoms with Gasteiger partial charge in [0.1, 0.15) is 0 Å². The van der Waals surface area contributed by atoms with Crippen LogP contribution in [0.2, 0.25) is 0 Å². The van der Waals surface area contributed by atoms with Gasteiger partial charge in [-0.15, -0.1) is 4.91 Å². The lowest BCUT2D eigenvalue weighted by Crippen LogP contribution is -2.25. The SMILES string of the molecule is Cc1cc(C)c(-n2ccn(-c3c(C)cc(C)cc3C)c2=NN=O)c(C)c1. The summed E-state index contributed by atoms with van der Waals surface area (Å²) < 4.78 is 3.87. The highest BCUT2D eigenvalue weighted by Crippen LogP contribution is 2.23. The molecule has 0 unspecified atom stereocenters. The highest BCUT2D eigenvalue weighted by molar-refractivity contribution is 5.52. The summed E-state index contributed by atoms with van der Waals surface area (Å²) in [5, 5.41) is 6.76. The number of benzene rings is 2. The molecule has 3 rings (SSSR count). The lowest BCUT2D eigenvalue weighted by molar-refractivity contribution is 0.818. The van der Waals surface area contributed by atoms with E-state index in [0.29, 0.717) is 5.62 Å². The van der Waals surface area contributed by atoms with E-state index in [0.717, 1.165) is 33.6 Å². The van der Waals surface area contributed by atoms with Gasteiger partial charge in [-0.3, -0.25) is 9.13 Å². The second-order valence-corrected chi connectivity index (χ2v) is 7.01. The third-order valence-electron chi connectivity index (χ3n) is 4.68. The van der Waals surface area contributed by atoms with Crippen LogP contribution in [0.4, 0.5) is 0 Å².